The first-order valence-electron chi connectivity index (χ1n) is 4.75. The standard InChI is InChI=1S/C10H13N3O4/c1-6-9(15)8(7(5-14)3-11-6)4-12-13-10(16)17-2/h3-4,14-15H,5H2,1-2H3,(H,13,16)/b12-4+. The maximum atomic E-state index is 10.7. The molecule has 3 N–H and O–H groups in total. The first kappa shape index (κ1) is 12.9. The van der Waals surface area contributed by atoms with Gasteiger partial charge in [0, 0.05) is 17.3 Å². The topological polar surface area (TPSA) is 104 Å². The fourth-order valence-corrected chi connectivity index (χ4v) is 1.12. The molecule has 0 aromatic carbocycles. The Bertz CT molecular complexity index is 445. The molecule has 0 saturated carbocycles. The van der Waals surface area contributed by atoms with E-state index in [1.54, 1.807) is 6.92 Å². The zero-order valence-corrected chi connectivity index (χ0v) is 9.47. The lowest BCUT2D eigenvalue weighted by molar-refractivity contribution is 0.171. The molecule has 0 aliphatic carbocycles. The molecule has 1 rings (SSSR count). The smallest absolute Gasteiger partial charge is 0.427 e. The van der Waals surface area contributed by atoms with Gasteiger partial charge in [0.2, 0.25) is 0 Å². The number of carbonyl (C=O) groups excluding carboxylic acids is 1. The van der Waals surface area contributed by atoms with Crippen molar-refractivity contribution in [2.24, 2.45) is 5.10 Å². The van der Waals surface area contributed by atoms with Crippen LogP contribution in [0.2, 0.25) is 0 Å². The molecule has 0 unspecified atom stereocenters. The molecule has 7 heteroatoms. The van der Waals surface area contributed by atoms with E-state index in [1.165, 1.54) is 19.5 Å². The van der Waals surface area contributed by atoms with Crippen LogP contribution >= 0.6 is 0 Å². The van der Waals surface area contributed by atoms with E-state index in [1.807, 2.05) is 0 Å². The SMILES string of the molecule is COC(=O)N/N=C/c1c(CO)cnc(C)c1O. The minimum absolute atomic E-state index is 0.0908. The van der Waals surface area contributed by atoms with Gasteiger partial charge in [-0.1, -0.05) is 0 Å². The lowest BCUT2D eigenvalue weighted by Crippen LogP contribution is -2.17. The predicted molar refractivity (Wildman–Crippen MR) is 59.7 cm³/mol. The Morgan fingerprint density at radius 3 is 3.00 bits per heavy atom. The first-order chi connectivity index (χ1) is 8.10. The number of pyridine rings is 1. The third-order valence-electron chi connectivity index (χ3n) is 2.06. The molecular formula is C10H13N3O4. The predicted octanol–water partition coefficient (Wildman–Crippen LogP) is 0.278. The number of hydrogen-bond acceptors (Lipinski definition) is 6. The second-order valence-corrected chi connectivity index (χ2v) is 3.15. The van der Waals surface area contributed by atoms with Gasteiger partial charge in [-0.3, -0.25) is 4.98 Å². The molecule has 0 aliphatic heterocycles. The lowest BCUT2D eigenvalue weighted by atomic mass is 10.1. The van der Waals surface area contributed by atoms with E-state index < -0.39 is 6.09 Å². The summed E-state index contributed by atoms with van der Waals surface area (Å²) in [5, 5.41) is 22.4. The number of nitrogens with zero attached hydrogens (tertiary/aromatic N) is 2. The molecule has 0 spiro atoms. The Labute approximate surface area is 97.8 Å². The Hall–Kier alpha value is -2.15. The van der Waals surface area contributed by atoms with Crippen molar-refractivity contribution in [1.82, 2.24) is 10.4 Å². The maximum absolute atomic E-state index is 10.7. The van der Waals surface area contributed by atoms with Crippen molar-refractivity contribution in [2.75, 3.05) is 7.11 Å². The molecule has 17 heavy (non-hydrogen) atoms. The molecule has 1 aromatic heterocycles. The number of hydrazone groups is 1. The number of aliphatic hydroxyl groups excluding tert-OH is 1. The average molecular weight is 239 g/mol. The van der Waals surface area contributed by atoms with Crippen LogP contribution < -0.4 is 5.43 Å². The van der Waals surface area contributed by atoms with Crippen LogP contribution in [0.15, 0.2) is 11.3 Å². The Kier molecular flexibility index (Phi) is 4.41. The third-order valence-corrected chi connectivity index (χ3v) is 2.06. The molecule has 0 radical (unpaired) electrons. The Balaban J connectivity index is 2.96. The highest BCUT2D eigenvalue weighted by Gasteiger charge is 2.09. The molecule has 0 fully saturated rings. The van der Waals surface area contributed by atoms with E-state index in [4.69, 9.17) is 5.11 Å². The van der Waals surface area contributed by atoms with E-state index in [0.717, 1.165) is 0 Å². The summed E-state index contributed by atoms with van der Waals surface area (Å²) < 4.78 is 4.31. The molecule has 1 aromatic rings. The zero-order valence-electron chi connectivity index (χ0n) is 9.47. The van der Waals surface area contributed by atoms with E-state index in [0.29, 0.717) is 16.8 Å². The van der Waals surface area contributed by atoms with Crippen LogP contribution in [-0.4, -0.2) is 34.6 Å². The molecule has 1 heterocycles. The number of amides is 1. The van der Waals surface area contributed by atoms with Crippen LogP contribution in [0.5, 0.6) is 5.75 Å². The molecule has 92 valence electrons. The van der Waals surface area contributed by atoms with E-state index >= 15 is 0 Å². The van der Waals surface area contributed by atoms with Crippen molar-refractivity contribution >= 4 is 12.3 Å². The minimum atomic E-state index is -0.725. The number of ether oxygens (including phenoxy) is 1. The summed E-state index contributed by atoms with van der Waals surface area (Å²) in [6.07, 6.45) is 1.91. The molecule has 0 aliphatic rings. The van der Waals surface area contributed by atoms with Crippen molar-refractivity contribution in [3.05, 3.63) is 23.0 Å². The van der Waals surface area contributed by atoms with Crippen LogP contribution in [0.25, 0.3) is 0 Å². The summed E-state index contributed by atoms with van der Waals surface area (Å²) in [6, 6.07) is 0. The van der Waals surface area contributed by atoms with Gasteiger partial charge in [0.05, 0.1) is 25.6 Å². The highest BCUT2D eigenvalue weighted by atomic mass is 16.5. The highest BCUT2D eigenvalue weighted by Crippen LogP contribution is 2.21. The van der Waals surface area contributed by atoms with Gasteiger partial charge < -0.3 is 14.9 Å². The molecule has 7 nitrogen and oxygen atoms in total. The second kappa shape index (κ2) is 5.80. The number of rotatable bonds is 3. The van der Waals surface area contributed by atoms with Crippen LogP contribution in [-0.2, 0) is 11.3 Å². The molecule has 0 bridgehead atoms. The Morgan fingerprint density at radius 2 is 2.41 bits per heavy atom. The molecule has 0 atom stereocenters. The molecule has 1 amide bonds. The van der Waals surface area contributed by atoms with Gasteiger partial charge in [0.15, 0.2) is 0 Å². The van der Waals surface area contributed by atoms with Crippen molar-refractivity contribution < 1.29 is 19.7 Å². The molecular weight excluding hydrogens is 226 g/mol. The van der Waals surface area contributed by atoms with Gasteiger partial charge in [-0.15, -0.1) is 0 Å². The zero-order chi connectivity index (χ0) is 12.8. The monoisotopic (exact) mass is 239 g/mol. The number of aryl methyl sites for hydroxylation is 1. The Morgan fingerprint density at radius 1 is 1.71 bits per heavy atom. The van der Waals surface area contributed by atoms with Crippen LogP contribution in [0.4, 0.5) is 4.79 Å². The largest absolute Gasteiger partial charge is 0.505 e. The number of methoxy groups -OCH3 is 1. The summed E-state index contributed by atoms with van der Waals surface area (Å²) >= 11 is 0. The summed E-state index contributed by atoms with van der Waals surface area (Å²) in [7, 11) is 1.21. The van der Waals surface area contributed by atoms with Crippen molar-refractivity contribution in [3.8, 4) is 5.75 Å². The number of aliphatic hydroxyl groups is 1. The number of aromatic nitrogens is 1. The minimum Gasteiger partial charge on any atom is -0.505 e. The normalized spacial score (nSPS) is 10.5. The fourth-order valence-electron chi connectivity index (χ4n) is 1.12. The summed E-state index contributed by atoms with van der Waals surface area (Å²) in [6.45, 7) is 1.32. The van der Waals surface area contributed by atoms with Gasteiger partial charge in [-0.25, -0.2) is 10.2 Å². The van der Waals surface area contributed by atoms with Crippen molar-refractivity contribution in [2.45, 2.75) is 13.5 Å². The third kappa shape index (κ3) is 3.15. The highest BCUT2D eigenvalue weighted by molar-refractivity contribution is 5.86. The maximum Gasteiger partial charge on any atom is 0.427 e. The number of carbonyl (C=O) groups is 1. The summed E-state index contributed by atoms with van der Waals surface area (Å²) in [5.41, 5.74) is 3.19. The lowest BCUT2D eigenvalue weighted by Gasteiger charge is -2.06. The number of hydrogen-bond donors (Lipinski definition) is 3. The van der Waals surface area contributed by atoms with Gasteiger partial charge in [0.25, 0.3) is 0 Å². The summed E-state index contributed by atoms with van der Waals surface area (Å²) in [4.78, 5) is 14.6. The van der Waals surface area contributed by atoms with E-state index in [9.17, 15) is 9.90 Å². The van der Waals surface area contributed by atoms with Gasteiger partial charge in [-0.2, -0.15) is 5.10 Å². The average Bonchev–Trinajstić information content (AvgIpc) is 2.34. The fraction of sp³-hybridized carbons (Fsp3) is 0.300. The first-order valence-corrected chi connectivity index (χ1v) is 4.75. The van der Waals surface area contributed by atoms with E-state index in [-0.39, 0.29) is 12.4 Å². The summed E-state index contributed by atoms with van der Waals surface area (Å²) in [5.74, 6) is -0.0908. The quantitative estimate of drug-likeness (QED) is 0.519. The number of nitrogens with one attached hydrogen (secondary N) is 1. The number of aromatic hydroxyl groups is 1. The van der Waals surface area contributed by atoms with Crippen LogP contribution in [0.3, 0.4) is 0 Å². The van der Waals surface area contributed by atoms with Gasteiger partial charge >= 0.3 is 6.09 Å². The van der Waals surface area contributed by atoms with E-state index in [2.05, 4.69) is 20.2 Å². The van der Waals surface area contributed by atoms with Crippen molar-refractivity contribution in [3.63, 3.8) is 0 Å². The second-order valence-electron chi connectivity index (χ2n) is 3.15. The van der Waals surface area contributed by atoms with Crippen molar-refractivity contribution in [1.29, 1.82) is 0 Å². The van der Waals surface area contributed by atoms with Crippen LogP contribution in [0, 0.1) is 6.92 Å². The van der Waals surface area contributed by atoms with Crippen LogP contribution in [0.1, 0.15) is 16.8 Å². The van der Waals surface area contributed by atoms with Gasteiger partial charge in [0.1, 0.15) is 5.75 Å². The van der Waals surface area contributed by atoms with Gasteiger partial charge in [-0.05, 0) is 6.92 Å². The molecule has 0 saturated heterocycles.